The minimum atomic E-state index is -0.312. The van der Waals surface area contributed by atoms with Crippen molar-refractivity contribution in [2.45, 2.75) is 6.29 Å². The summed E-state index contributed by atoms with van der Waals surface area (Å²) in [5.41, 5.74) is 0.976. The van der Waals surface area contributed by atoms with Crippen LogP contribution < -0.4 is 4.74 Å². The Morgan fingerprint density at radius 3 is 2.57 bits per heavy atom. The van der Waals surface area contributed by atoms with E-state index in [1.54, 1.807) is 7.11 Å². The fourth-order valence-electron chi connectivity index (χ4n) is 1.31. The number of rotatable bonds is 2. The first-order valence-electron chi connectivity index (χ1n) is 4.39. The molecule has 74 valence electrons. The van der Waals surface area contributed by atoms with Crippen molar-refractivity contribution in [1.82, 2.24) is 0 Å². The Bertz CT molecular complexity index is 329. The maximum atomic E-state index is 5.36. The summed E-state index contributed by atoms with van der Waals surface area (Å²) >= 11 is 0. The van der Waals surface area contributed by atoms with Gasteiger partial charge in [-0.05, 0) is 24.3 Å². The molecule has 1 atom stereocenters. The molecule has 0 aliphatic carbocycles. The molecule has 0 saturated carbocycles. The van der Waals surface area contributed by atoms with Crippen LogP contribution in [0.5, 0.6) is 5.75 Å². The topological polar surface area (TPSA) is 27.7 Å². The molecule has 3 heteroatoms. The van der Waals surface area contributed by atoms with Crippen LogP contribution in [-0.4, -0.2) is 13.7 Å². The molecule has 1 heterocycles. The summed E-state index contributed by atoms with van der Waals surface area (Å²) in [5.74, 6) is 1.50. The second kappa shape index (κ2) is 3.72. The van der Waals surface area contributed by atoms with Gasteiger partial charge in [-0.25, -0.2) is 0 Å². The Morgan fingerprint density at radius 1 is 1.36 bits per heavy atom. The maximum Gasteiger partial charge on any atom is 0.226 e. The SMILES string of the molecule is C=C1COC(c2ccc(OC)cc2)O1. The van der Waals surface area contributed by atoms with E-state index >= 15 is 0 Å². The molecule has 1 aliphatic rings. The number of benzene rings is 1. The zero-order valence-electron chi connectivity index (χ0n) is 8.03. The molecule has 3 nitrogen and oxygen atoms in total. The molecule has 0 spiro atoms. The lowest BCUT2D eigenvalue weighted by Crippen LogP contribution is -1.97. The van der Waals surface area contributed by atoms with Gasteiger partial charge < -0.3 is 14.2 Å². The third-order valence-electron chi connectivity index (χ3n) is 2.06. The van der Waals surface area contributed by atoms with E-state index in [9.17, 15) is 0 Å². The molecule has 1 unspecified atom stereocenters. The van der Waals surface area contributed by atoms with Gasteiger partial charge in [-0.1, -0.05) is 6.58 Å². The molecule has 1 fully saturated rings. The quantitative estimate of drug-likeness (QED) is 0.719. The average Bonchev–Trinajstić information content (AvgIpc) is 2.65. The predicted octanol–water partition coefficient (Wildman–Crippen LogP) is 2.25. The first kappa shape index (κ1) is 9.09. The van der Waals surface area contributed by atoms with E-state index in [0.717, 1.165) is 11.3 Å². The summed E-state index contributed by atoms with van der Waals surface area (Å²) in [4.78, 5) is 0. The molecule has 0 bridgehead atoms. The molecule has 0 radical (unpaired) electrons. The van der Waals surface area contributed by atoms with Crippen LogP contribution in [-0.2, 0) is 9.47 Å². The van der Waals surface area contributed by atoms with Crippen LogP contribution in [0.1, 0.15) is 11.9 Å². The van der Waals surface area contributed by atoms with Crippen LogP contribution in [0.4, 0.5) is 0 Å². The summed E-state index contributed by atoms with van der Waals surface area (Å²) < 4.78 is 15.8. The fourth-order valence-corrected chi connectivity index (χ4v) is 1.31. The van der Waals surface area contributed by atoms with E-state index < -0.39 is 0 Å². The van der Waals surface area contributed by atoms with Gasteiger partial charge in [0.05, 0.1) is 7.11 Å². The second-order valence-corrected chi connectivity index (χ2v) is 3.07. The van der Waals surface area contributed by atoms with Crippen molar-refractivity contribution in [3.8, 4) is 5.75 Å². The van der Waals surface area contributed by atoms with Crippen molar-refractivity contribution in [3.05, 3.63) is 42.2 Å². The van der Waals surface area contributed by atoms with Crippen LogP contribution in [0, 0.1) is 0 Å². The lowest BCUT2D eigenvalue weighted by molar-refractivity contribution is -0.0339. The van der Waals surface area contributed by atoms with Gasteiger partial charge in [0.1, 0.15) is 18.1 Å². The Balaban J connectivity index is 2.13. The zero-order chi connectivity index (χ0) is 9.97. The maximum absolute atomic E-state index is 5.36. The smallest absolute Gasteiger partial charge is 0.226 e. The lowest BCUT2D eigenvalue weighted by atomic mass is 10.2. The molecule has 1 aliphatic heterocycles. The van der Waals surface area contributed by atoms with Gasteiger partial charge in [-0.15, -0.1) is 0 Å². The first-order valence-corrected chi connectivity index (χ1v) is 4.39. The third-order valence-corrected chi connectivity index (χ3v) is 2.06. The molecular formula is C11H12O3. The molecule has 14 heavy (non-hydrogen) atoms. The molecule has 2 rings (SSSR count). The molecule has 0 amide bonds. The van der Waals surface area contributed by atoms with Crippen molar-refractivity contribution in [1.29, 1.82) is 0 Å². The monoisotopic (exact) mass is 192 g/mol. The molecule has 0 aromatic heterocycles. The number of methoxy groups -OCH3 is 1. The van der Waals surface area contributed by atoms with E-state index in [-0.39, 0.29) is 6.29 Å². The normalized spacial score (nSPS) is 20.6. The number of hydrogen-bond donors (Lipinski definition) is 0. The van der Waals surface area contributed by atoms with Crippen molar-refractivity contribution in [2.24, 2.45) is 0 Å². The highest BCUT2D eigenvalue weighted by molar-refractivity contribution is 5.28. The van der Waals surface area contributed by atoms with Gasteiger partial charge in [-0.2, -0.15) is 0 Å². The number of ether oxygens (including phenoxy) is 3. The fraction of sp³-hybridized carbons (Fsp3) is 0.273. The summed E-state index contributed by atoms with van der Waals surface area (Å²) in [6.45, 7) is 4.16. The Morgan fingerprint density at radius 2 is 2.07 bits per heavy atom. The number of hydrogen-bond acceptors (Lipinski definition) is 3. The van der Waals surface area contributed by atoms with Crippen LogP contribution in [0.2, 0.25) is 0 Å². The van der Waals surface area contributed by atoms with Crippen LogP contribution in [0.3, 0.4) is 0 Å². The van der Waals surface area contributed by atoms with Gasteiger partial charge in [0.15, 0.2) is 0 Å². The molecule has 1 aromatic carbocycles. The van der Waals surface area contributed by atoms with Crippen molar-refractivity contribution in [3.63, 3.8) is 0 Å². The molecular weight excluding hydrogens is 180 g/mol. The second-order valence-electron chi connectivity index (χ2n) is 3.07. The van der Waals surface area contributed by atoms with Crippen LogP contribution in [0.15, 0.2) is 36.6 Å². The molecule has 1 saturated heterocycles. The summed E-state index contributed by atoms with van der Waals surface area (Å²) in [6, 6.07) is 7.59. The van der Waals surface area contributed by atoms with Gasteiger partial charge in [0.25, 0.3) is 0 Å². The van der Waals surface area contributed by atoms with E-state index in [0.29, 0.717) is 12.4 Å². The van der Waals surface area contributed by atoms with E-state index in [1.807, 2.05) is 24.3 Å². The van der Waals surface area contributed by atoms with E-state index in [2.05, 4.69) is 6.58 Å². The highest BCUT2D eigenvalue weighted by Gasteiger charge is 2.21. The molecule has 1 aromatic rings. The summed E-state index contributed by atoms with van der Waals surface area (Å²) in [7, 11) is 1.64. The van der Waals surface area contributed by atoms with Crippen molar-refractivity contribution in [2.75, 3.05) is 13.7 Å². The van der Waals surface area contributed by atoms with Crippen molar-refractivity contribution < 1.29 is 14.2 Å². The highest BCUT2D eigenvalue weighted by atomic mass is 16.7. The van der Waals surface area contributed by atoms with E-state index in [4.69, 9.17) is 14.2 Å². The van der Waals surface area contributed by atoms with Gasteiger partial charge in [-0.3, -0.25) is 0 Å². The summed E-state index contributed by atoms with van der Waals surface area (Å²) in [6.07, 6.45) is -0.312. The Labute approximate surface area is 82.9 Å². The Kier molecular flexibility index (Phi) is 2.41. The minimum absolute atomic E-state index is 0.312. The van der Waals surface area contributed by atoms with Crippen LogP contribution in [0.25, 0.3) is 0 Å². The largest absolute Gasteiger partial charge is 0.497 e. The zero-order valence-corrected chi connectivity index (χ0v) is 8.03. The standard InChI is InChI=1S/C11H12O3/c1-8-7-13-11(14-8)9-3-5-10(12-2)6-4-9/h3-6,11H,1,7H2,2H3. The van der Waals surface area contributed by atoms with E-state index in [1.165, 1.54) is 0 Å². The minimum Gasteiger partial charge on any atom is -0.497 e. The summed E-state index contributed by atoms with van der Waals surface area (Å²) in [5, 5.41) is 0. The van der Waals surface area contributed by atoms with Crippen molar-refractivity contribution >= 4 is 0 Å². The third kappa shape index (κ3) is 1.72. The predicted molar refractivity (Wildman–Crippen MR) is 51.9 cm³/mol. The van der Waals surface area contributed by atoms with Crippen LogP contribution >= 0.6 is 0 Å². The Hall–Kier alpha value is -1.48. The van der Waals surface area contributed by atoms with Gasteiger partial charge in [0, 0.05) is 5.56 Å². The average molecular weight is 192 g/mol. The molecule has 0 N–H and O–H groups in total. The lowest BCUT2D eigenvalue weighted by Gasteiger charge is -2.09. The van der Waals surface area contributed by atoms with Gasteiger partial charge >= 0.3 is 0 Å². The highest BCUT2D eigenvalue weighted by Crippen LogP contribution is 2.28. The first-order chi connectivity index (χ1) is 6.79. The van der Waals surface area contributed by atoms with Gasteiger partial charge in [0.2, 0.25) is 6.29 Å².